The monoisotopic (exact) mass is 817 g/mol. The van der Waals surface area contributed by atoms with E-state index in [0.717, 1.165) is 24.9 Å². The van der Waals surface area contributed by atoms with Crippen LogP contribution in [0.4, 0.5) is 0 Å². The Labute approximate surface area is 366 Å². The average molecular weight is 818 g/mol. The molecule has 2 rings (SSSR count). The van der Waals surface area contributed by atoms with Crippen molar-refractivity contribution in [2.45, 2.75) is 283 Å². The van der Waals surface area contributed by atoms with Crippen molar-refractivity contribution in [3.63, 3.8) is 0 Å². The minimum absolute atomic E-state index is 0.874. The number of rotatable bonds is 45. The van der Waals surface area contributed by atoms with E-state index in [1.54, 1.807) is 0 Å². The topological polar surface area (TPSA) is 60.9 Å². The highest BCUT2D eigenvalue weighted by Crippen LogP contribution is 2.20. The molecule has 4 heteroatoms. The second-order valence-electron chi connectivity index (χ2n) is 20.5. The molecule has 0 aromatic rings. The lowest BCUT2D eigenvalue weighted by molar-refractivity contribution is -0.909. The number of hydrogen-bond acceptors (Lipinski definition) is 2. The fourth-order valence-corrected chi connectivity index (χ4v) is 11.0. The molecule has 0 aromatic carbocycles. The zero-order valence-corrected chi connectivity index (χ0v) is 40.1. The Balaban J connectivity index is 1.27. The first-order chi connectivity index (χ1) is 28.8. The number of quaternary nitrogens is 2. The number of nitrogens with one attached hydrogen (secondary N) is 2. The molecule has 2 aliphatic heterocycles. The van der Waals surface area contributed by atoms with E-state index in [2.05, 4.69) is 0 Å². The molecule has 2 heterocycles. The van der Waals surface area contributed by atoms with Gasteiger partial charge in [0.2, 0.25) is 0 Å². The summed E-state index contributed by atoms with van der Waals surface area (Å²) in [6.07, 6.45) is 64.3. The molecule has 0 bridgehead atoms. The van der Waals surface area contributed by atoms with Crippen molar-refractivity contribution < 1.29 is 9.80 Å². The molecule has 0 radical (unpaired) electrons. The van der Waals surface area contributed by atoms with Gasteiger partial charge in [0, 0.05) is 11.8 Å². The lowest BCUT2D eigenvalue weighted by Crippen LogP contribution is -3.13. The van der Waals surface area contributed by atoms with E-state index in [1.807, 2.05) is 9.80 Å². The second kappa shape index (κ2) is 43.5. The quantitative estimate of drug-likeness (QED) is 0.0463. The van der Waals surface area contributed by atoms with Crippen LogP contribution in [0.3, 0.4) is 0 Å². The third-order valence-electron chi connectivity index (χ3n) is 14.9. The van der Waals surface area contributed by atoms with E-state index < -0.39 is 0 Å². The summed E-state index contributed by atoms with van der Waals surface area (Å²) < 4.78 is 0. The highest BCUT2D eigenvalue weighted by Gasteiger charge is 2.23. The molecule has 2 fully saturated rings. The molecule has 0 amide bonds. The van der Waals surface area contributed by atoms with Gasteiger partial charge in [0.1, 0.15) is 0 Å². The molecule has 0 aliphatic carbocycles. The van der Waals surface area contributed by atoms with E-state index >= 15 is 0 Å². The summed E-state index contributed by atoms with van der Waals surface area (Å²) in [5, 5.41) is 0. The Kier molecular flexibility index (Phi) is 40.5. The zero-order valence-electron chi connectivity index (χ0n) is 40.1. The summed E-state index contributed by atoms with van der Waals surface area (Å²) in [6, 6.07) is 0. The van der Waals surface area contributed by atoms with Crippen molar-refractivity contribution in [3.05, 3.63) is 0 Å². The fourth-order valence-electron chi connectivity index (χ4n) is 11.0. The van der Waals surface area contributed by atoms with Gasteiger partial charge in [0.15, 0.2) is 0 Å². The van der Waals surface area contributed by atoms with Gasteiger partial charge >= 0.3 is 0 Å². The van der Waals surface area contributed by atoms with E-state index in [1.165, 1.54) is 322 Å². The van der Waals surface area contributed by atoms with Crippen molar-refractivity contribution in [3.8, 4) is 0 Å². The molecule has 6 N–H and O–H groups in total. The van der Waals surface area contributed by atoms with E-state index in [0.29, 0.717) is 0 Å². The van der Waals surface area contributed by atoms with Crippen molar-refractivity contribution >= 4 is 0 Å². The maximum absolute atomic E-state index is 5.59. The van der Waals surface area contributed by atoms with Gasteiger partial charge in [-0.15, -0.1) is 0 Å². The lowest BCUT2D eigenvalue weighted by atomic mass is 9.91. The molecular weight excluding hydrogens is 705 g/mol. The summed E-state index contributed by atoms with van der Waals surface area (Å²) in [5.74, 6) is 2.06. The predicted octanol–water partition coefficient (Wildman–Crippen LogP) is 13.1. The van der Waals surface area contributed by atoms with Gasteiger partial charge in [0.05, 0.1) is 39.3 Å². The van der Waals surface area contributed by atoms with Crippen LogP contribution in [0.1, 0.15) is 283 Å². The Morgan fingerprint density at radius 2 is 0.500 bits per heavy atom. The van der Waals surface area contributed by atoms with Crippen LogP contribution in [0.2, 0.25) is 0 Å². The molecule has 0 aromatic heterocycles. The van der Waals surface area contributed by atoms with Crippen molar-refractivity contribution in [1.29, 1.82) is 0 Å². The third-order valence-corrected chi connectivity index (χ3v) is 14.9. The maximum Gasteiger partial charge on any atom is 0.0799 e. The van der Waals surface area contributed by atoms with Crippen LogP contribution in [-0.2, 0) is 0 Å². The Morgan fingerprint density at radius 3 is 0.759 bits per heavy atom. The summed E-state index contributed by atoms with van der Waals surface area (Å²) in [4.78, 5) is 3.90. The molecule has 4 atom stereocenters. The normalized spacial score (nSPS) is 20.0. The Bertz CT molecular complexity index is 725. The van der Waals surface area contributed by atoms with Crippen LogP contribution >= 0.6 is 0 Å². The largest absolute Gasteiger partial charge is 0.335 e. The number of unbranched alkanes of at least 4 members (excludes halogenated alkanes) is 35. The van der Waals surface area contributed by atoms with Crippen molar-refractivity contribution in [1.82, 2.24) is 0 Å². The van der Waals surface area contributed by atoms with E-state index in [-0.39, 0.29) is 0 Å². The third kappa shape index (κ3) is 35.4. The van der Waals surface area contributed by atoms with Gasteiger partial charge in [-0.1, -0.05) is 205 Å². The van der Waals surface area contributed by atoms with Gasteiger partial charge < -0.3 is 21.3 Å². The fraction of sp³-hybridized carbons (Fsp3) is 1.00. The number of nitrogens with two attached hydrogens (primary N) is 2. The minimum atomic E-state index is 0.874. The lowest BCUT2D eigenvalue weighted by Gasteiger charge is -2.30. The Hall–Kier alpha value is -0.160. The van der Waals surface area contributed by atoms with Crippen molar-refractivity contribution in [2.75, 3.05) is 52.4 Å². The molecule has 0 spiro atoms. The highest BCUT2D eigenvalue weighted by atomic mass is 15.1. The molecule has 58 heavy (non-hydrogen) atoms. The molecule has 0 saturated carbocycles. The van der Waals surface area contributed by atoms with Crippen molar-refractivity contribution in [2.24, 2.45) is 23.3 Å². The molecule has 346 valence electrons. The number of piperidine rings is 2. The van der Waals surface area contributed by atoms with E-state index in [9.17, 15) is 0 Å². The van der Waals surface area contributed by atoms with Crippen LogP contribution in [-0.4, -0.2) is 52.4 Å². The van der Waals surface area contributed by atoms with E-state index in [4.69, 9.17) is 11.5 Å². The zero-order chi connectivity index (χ0) is 41.1. The molecule has 4 nitrogen and oxygen atoms in total. The van der Waals surface area contributed by atoms with Gasteiger partial charge in [-0.05, 0) is 90.1 Å². The van der Waals surface area contributed by atoms with Gasteiger partial charge in [-0.25, -0.2) is 0 Å². The second-order valence-corrected chi connectivity index (χ2v) is 20.5. The standard InChI is InChI=1S/C54H110N4/c55-45-35-29-23-17-11-5-1-3-7-13-19-25-31-37-47-57-49-39-43-53(51-57)41-33-27-21-15-9-10-16-22-28-34-42-54-44-40-50-58(52-54)48-38-32-26-20-14-8-4-2-6-12-18-24-30-36-46-56/h53-54H,1-52,55-56H2/p+2. The predicted molar refractivity (Wildman–Crippen MR) is 259 cm³/mol. The highest BCUT2D eigenvalue weighted by molar-refractivity contribution is 4.64. The maximum atomic E-state index is 5.59. The first-order valence-electron chi connectivity index (χ1n) is 27.9. The molecule has 2 saturated heterocycles. The first-order valence-corrected chi connectivity index (χ1v) is 27.9. The van der Waals surface area contributed by atoms with Gasteiger partial charge in [-0.3, -0.25) is 0 Å². The minimum Gasteiger partial charge on any atom is -0.335 e. The summed E-state index contributed by atoms with van der Waals surface area (Å²) in [6.45, 7) is 10.6. The number of hydrogen-bond donors (Lipinski definition) is 4. The Morgan fingerprint density at radius 1 is 0.276 bits per heavy atom. The smallest absolute Gasteiger partial charge is 0.0799 e. The first kappa shape index (κ1) is 54.0. The van der Waals surface area contributed by atoms with Crippen LogP contribution in [0.25, 0.3) is 0 Å². The van der Waals surface area contributed by atoms with Crippen LogP contribution in [0, 0.1) is 11.8 Å². The SMILES string of the molecule is NCCCCCCCCCCCCCCCC[NH+]1CCCC(CCCCCCCCCCCCC2CCC[NH+](CCCCCCCCCCCCCCCCN)C2)C1. The summed E-state index contributed by atoms with van der Waals surface area (Å²) >= 11 is 0. The summed E-state index contributed by atoms with van der Waals surface area (Å²) in [7, 11) is 0. The van der Waals surface area contributed by atoms with Crippen LogP contribution < -0.4 is 21.3 Å². The summed E-state index contributed by atoms with van der Waals surface area (Å²) in [5.41, 5.74) is 11.2. The van der Waals surface area contributed by atoms with Crippen LogP contribution in [0.15, 0.2) is 0 Å². The van der Waals surface area contributed by atoms with Gasteiger partial charge in [0.25, 0.3) is 0 Å². The molecule has 2 aliphatic rings. The molecule has 4 unspecified atom stereocenters. The average Bonchev–Trinajstić information content (AvgIpc) is 3.24. The number of likely N-dealkylation sites (tertiary alicyclic amines) is 2. The van der Waals surface area contributed by atoms with Crippen LogP contribution in [0.5, 0.6) is 0 Å². The van der Waals surface area contributed by atoms with Gasteiger partial charge in [-0.2, -0.15) is 0 Å². The molecular formula is C54H112N4+2.